The van der Waals surface area contributed by atoms with E-state index in [2.05, 4.69) is 10.6 Å². The molecular formula is C21H22ClFN2O2S. The van der Waals surface area contributed by atoms with E-state index in [9.17, 15) is 14.0 Å². The molecule has 4 nitrogen and oxygen atoms in total. The van der Waals surface area contributed by atoms with Gasteiger partial charge < -0.3 is 10.6 Å². The molecule has 0 bridgehead atoms. The molecule has 0 aromatic heterocycles. The van der Waals surface area contributed by atoms with Gasteiger partial charge >= 0.3 is 0 Å². The van der Waals surface area contributed by atoms with Gasteiger partial charge in [-0.3, -0.25) is 9.59 Å². The predicted molar refractivity (Wildman–Crippen MR) is 110 cm³/mol. The largest absolute Gasteiger partial charge is 0.347 e. The van der Waals surface area contributed by atoms with Crippen molar-refractivity contribution in [3.63, 3.8) is 0 Å². The minimum atomic E-state index is -0.699. The summed E-state index contributed by atoms with van der Waals surface area (Å²) in [6.07, 6.45) is 0.711. The standard InChI is InChI=1S/C21H22ClFN2O2S/c1-12(2)19(25-20(26)13-3-5-14(22)6-4-13)21(27)24-17-9-10-28-18-8-7-15(23)11-16(17)18/h3-8,11-12,17,19H,9-10H2,1-2H3,(H,24,27)(H,25,26)/t17?,19-/m0/s1. The summed E-state index contributed by atoms with van der Waals surface area (Å²) >= 11 is 7.51. The number of fused-ring (bicyclic) bond motifs is 1. The minimum absolute atomic E-state index is 0.110. The van der Waals surface area contributed by atoms with E-state index in [0.29, 0.717) is 17.0 Å². The molecule has 2 amide bonds. The number of rotatable bonds is 5. The molecule has 1 unspecified atom stereocenters. The average Bonchev–Trinajstić information content (AvgIpc) is 2.66. The van der Waals surface area contributed by atoms with Crippen LogP contribution < -0.4 is 10.6 Å². The van der Waals surface area contributed by atoms with Gasteiger partial charge in [-0.1, -0.05) is 25.4 Å². The van der Waals surface area contributed by atoms with E-state index in [-0.39, 0.29) is 29.6 Å². The van der Waals surface area contributed by atoms with Gasteiger partial charge in [0.1, 0.15) is 11.9 Å². The van der Waals surface area contributed by atoms with Gasteiger partial charge in [0.25, 0.3) is 5.91 Å². The maximum Gasteiger partial charge on any atom is 0.251 e. The zero-order chi connectivity index (χ0) is 20.3. The molecule has 1 aliphatic rings. The molecule has 1 aliphatic heterocycles. The van der Waals surface area contributed by atoms with Gasteiger partial charge in [-0.25, -0.2) is 4.39 Å². The van der Waals surface area contributed by atoms with Crippen LogP contribution in [0.5, 0.6) is 0 Å². The van der Waals surface area contributed by atoms with Crippen molar-refractivity contribution >= 4 is 35.2 Å². The number of carbonyl (C=O) groups excluding carboxylic acids is 2. The van der Waals surface area contributed by atoms with Crippen LogP contribution in [0.2, 0.25) is 5.02 Å². The van der Waals surface area contributed by atoms with E-state index in [0.717, 1.165) is 16.2 Å². The van der Waals surface area contributed by atoms with E-state index >= 15 is 0 Å². The lowest BCUT2D eigenvalue weighted by atomic mass is 9.99. The summed E-state index contributed by atoms with van der Waals surface area (Å²) in [5.41, 5.74) is 1.22. The molecule has 0 spiro atoms. The van der Waals surface area contributed by atoms with Crippen molar-refractivity contribution in [3.8, 4) is 0 Å². The summed E-state index contributed by atoms with van der Waals surface area (Å²) in [5.74, 6) is -0.203. The van der Waals surface area contributed by atoms with Crippen LogP contribution in [0.3, 0.4) is 0 Å². The topological polar surface area (TPSA) is 58.2 Å². The first-order chi connectivity index (χ1) is 13.3. The monoisotopic (exact) mass is 420 g/mol. The van der Waals surface area contributed by atoms with Crippen molar-refractivity contribution in [2.45, 2.75) is 37.2 Å². The number of hydrogen-bond acceptors (Lipinski definition) is 3. The Morgan fingerprint density at radius 2 is 1.89 bits per heavy atom. The lowest BCUT2D eigenvalue weighted by molar-refractivity contribution is -0.124. The summed E-state index contributed by atoms with van der Waals surface area (Å²) in [5, 5.41) is 6.34. The molecule has 148 valence electrons. The lowest BCUT2D eigenvalue weighted by Crippen LogP contribution is -2.50. The first-order valence-corrected chi connectivity index (χ1v) is 10.5. The number of hydrogen-bond donors (Lipinski definition) is 2. The molecule has 2 aromatic carbocycles. The first-order valence-electron chi connectivity index (χ1n) is 9.14. The van der Waals surface area contributed by atoms with Crippen molar-refractivity contribution < 1.29 is 14.0 Å². The number of thioether (sulfide) groups is 1. The van der Waals surface area contributed by atoms with Crippen LogP contribution in [-0.2, 0) is 4.79 Å². The average molecular weight is 421 g/mol. The highest BCUT2D eigenvalue weighted by atomic mass is 35.5. The zero-order valence-corrected chi connectivity index (χ0v) is 17.2. The highest BCUT2D eigenvalue weighted by Crippen LogP contribution is 2.36. The lowest BCUT2D eigenvalue weighted by Gasteiger charge is -2.29. The van der Waals surface area contributed by atoms with Crippen LogP contribution >= 0.6 is 23.4 Å². The Labute approximate surface area is 173 Å². The van der Waals surface area contributed by atoms with Gasteiger partial charge in [0.2, 0.25) is 5.91 Å². The number of amides is 2. The second-order valence-corrected chi connectivity index (χ2v) is 8.66. The summed E-state index contributed by atoms with van der Waals surface area (Å²) < 4.78 is 13.7. The number of halogens is 2. The highest BCUT2D eigenvalue weighted by Gasteiger charge is 2.29. The van der Waals surface area contributed by atoms with E-state index in [1.54, 1.807) is 42.1 Å². The normalized spacial score (nSPS) is 17.0. The Kier molecular flexibility index (Phi) is 6.62. The third-order valence-electron chi connectivity index (χ3n) is 4.67. The minimum Gasteiger partial charge on any atom is -0.347 e. The number of nitrogens with one attached hydrogen (secondary N) is 2. The molecule has 2 N–H and O–H groups in total. The molecule has 2 aromatic rings. The van der Waals surface area contributed by atoms with E-state index in [1.807, 2.05) is 13.8 Å². The fourth-order valence-electron chi connectivity index (χ4n) is 3.14. The fourth-order valence-corrected chi connectivity index (χ4v) is 4.37. The second-order valence-electron chi connectivity index (χ2n) is 7.08. The van der Waals surface area contributed by atoms with Crippen molar-refractivity contribution in [1.29, 1.82) is 0 Å². The van der Waals surface area contributed by atoms with E-state index in [1.165, 1.54) is 12.1 Å². The molecule has 0 aliphatic carbocycles. The summed E-state index contributed by atoms with van der Waals surface area (Å²) in [4.78, 5) is 26.4. The summed E-state index contributed by atoms with van der Waals surface area (Å²) in [7, 11) is 0. The Morgan fingerprint density at radius 3 is 2.57 bits per heavy atom. The Morgan fingerprint density at radius 1 is 1.18 bits per heavy atom. The number of carbonyl (C=O) groups is 2. The smallest absolute Gasteiger partial charge is 0.251 e. The van der Waals surface area contributed by atoms with Crippen LogP contribution in [0.4, 0.5) is 4.39 Å². The van der Waals surface area contributed by atoms with Gasteiger partial charge in [-0.2, -0.15) is 0 Å². The van der Waals surface area contributed by atoms with Gasteiger partial charge in [-0.05, 0) is 60.4 Å². The third kappa shape index (κ3) is 4.86. The van der Waals surface area contributed by atoms with Gasteiger partial charge in [0.15, 0.2) is 0 Å². The predicted octanol–water partition coefficient (Wildman–Crippen LogP) is 4.59. The van der Waals surface area contributed by atoms with Gasteiger partial charge in [-0.15, -0.1) is 11.8 Å². The van der Waals surface area contributed by atoms with Crippen molar-refractivity contribution in [2.24, 2.45) is 5.92 Å². The molecule has 0 saturated carbocycles. The molecule has 1 heterocycles. The van der Waals surface area contributed by atoms with Crippen molar-refractivity contribution in [2.75, 3.05) is 5.75 Å². The van der Waals surface area contributed by atoms with Gasteiger partial charge in [0, 0.05) is 21.2 Å². The van der Waals surface area contributed by atoms with Crippen LogP contribution in [0.1, 0.15) is 42.2 Å². The molecule has 7 heteroatoms. The second kappa shape index (κ2) is 8.97. The Balaban J connectivity index is 1.73. The SMILES string of the molecule is CC(C)[C@H](NC(=O)c1ccc(Cl)cc1)C(=O)NC1CCSc2ccc(F)cc21. The van der Waals surface area contributed by atoms with E-state index < -0.39 is 6.04 Å². The Hall–Kier alpha value is -2.05. The zero-order valence-electron chi connectivity index (χ0n) is 15.7. The van der Waals surface area contributed by atoms with Crippen molar-refractivity contribution in [1.82, 2.24) is 10.6 Å². The molecule has 2 atom stereocenters. The van der Waals surface area contributed by atoms with E-state index in [4.69, 9.17) is 11.6 Å². The molecule has 3 rings (SSSR count). The highest BCUT2D eigenvalue weighted by molar-refractivity contribution is 7.99. The molecule has 0 fully saturated rings. The van der Waals surface area contributed by atoms with Crippen LogP contribution in [0.25, 0.3) is 0 Å². The van der Waals surface area contributed by atoms with Crippen LogP contribution in [0, 0.1) is 11.7 Å². The quantitative estimate of drug-likeness (QED) is 0.743. The molecule has 0 radical (unpaired) electrons. The third-order valence-corrected chi connectivity index (χ3v) is 6.04. The Bertz CT molecular complexity index is 873. The van der Waals surface area contributed by atoms with Gasteiger partial charge in [0.05, 0.1) is 6.04 Å². The number of benzene rings is 2. The molecule has 0 saturated heterocycles. The molecule has 28 heavy (non-hydrogen) atoms. The van der Waals surface area contributed by atoms with Crippen LogP contribution in [-0.4, -0.2) is 23.6 Å². The molecular weight excluding hydrogens is 399 g/mol. The summed E-state index contributed by atoms with van der Waals surface area (Å²) in [6.45, 7) is 3.74. The maximum atomic E-state index is 13.7. The van der Waals surface area contributed by atoms with Crippen LogP contribution in [0.15, 0.2) is 47.4 Å². The summed E-state index contributed by atoms with van der Waals surface area (Å²) in [6, 6.07) is 10.2. The van der Waals surface area contributed by atoms with Crippen molar-refractivity contribution in [3.05, 3.63) is 64.4 Å². The first kappa shape index (κ1) is 20.7. The fraction of sp³-hybridized carbons (Fsp3) is 0.333. The maximum absolute atomic E-state index is 13.7.